The quantitative estimate of drug-likeness (QED) is 0.759. The smallest absolute Gasteiger partial charge is 0.226 e. The van der Waals surface area contributed by atoms with Crippen LogP contribution in [0.4, 0.5) is 0 Å². The summed E-state index contributed by atoms with van der Waals surface area (Å²) in [6.07, 6.45) is 2.78. The van der Waals surface area contributed by atoms with Crippen molar-refractivity contribution in [3.05, 3.63) is 18.0 Å². The van der Waals surface area contributed by atoms with Crippen LogP contribution in [0.2, 0.25) is 0 Å². The van der Waals surface area contributed by atoms with Gasteiger partial charge in [0.15, 0.2) is 0 Å². The topological polar surface area (TPSA) is 41.4 Å². The number of carbonyl (C=O) groups is 1. The van der Waals surface area contributed by atoms with E-state index in [1.54, 1.807) is 4.90 Å². The van der Waals surface area contributed by atoms with Gasteiger partial charge in [0.25, 0.3) is 0 Å². The van der Waals surface area contributed by atoms with Crippen LogP contribution in [0, 0.1) is 5.92 Å². The number of rotatable bonds is 3. The van der Waals surface area contributed by atoms with Crippen molar-refractivity contribution in [3.63, 3.8) is 0 Å². The first kappa shape index (κ1) is 12.1. The number of amides is 1. The highest BCUT2D eigenvalue weighted by Gasteiger charge is 2.29. The zero-order valence-electron chi connectivity index (χ0n) is 10.8. The predicted molar refractivity (Wildman–Crippen MR) is 65.3 cm³/mol. The number of nitrogens with zero attached hydrogens (tertiary/aromatic N) is 4. The molecule has 0 unspecified atom stereocenters. The maximum atomic E-state index is 11.8. The third-order valence-corrected chi connectivity index (χ3v) is 3.37. The molecular weight excluding hydrogens is 216 g/mol. The van der Waals surface area contributed by atoms with E-state index in [9.17, 15) is 4.79 Å². The fourth-order valence-corrected chi connectivity index (χ4v) is 2.33. The van der Waals surface area contributed by atoms with Gasteiger partial charge >= 0.3 is 0 Å². The first-order valence-electron chi connectivity index (χ1n) is 5.98. The number of aryl methyl sites for hydroxylation is 1. The van der Waals surface area contributed by atoms with Gasteiger partial charge in [0.1, 0.15) is 0 Å². The highest BCUT2D eigenvalue weighted by Crippen LogP contribution is 2.19. The Morgan fingerprint density at radius 3 is 2.94 bits per heavy atom. The zero-order chi connectivity index (χ0) is 12.4. The SMILES string of the molecule is CN(C)C(=O)[C@H]1CCN(Cc2ccnn2C)C1. The number of carbonyl (C=O) groups excluding carboxylic acids is 1. The van der Waals surface area contributed by atoms with E-state index < -0.39 is 0 Å². The van der Waals surface area contributed by atoms with Crippen LogP contribution in [0.1, 0.15) is 12.1 Å². The third-order valence-electron chi connectivity index (χ3n) is 3.37. The highest BCUT2D eigenvalue weighted by atomic mass is 16.2. The van der Waals surface area contributed by atoms with Crippen LogP contribution in [-0.4, -0.2) is 52.7 Å². The molecule has 1 fully saturated rings. The second-order valence-corrected chi connectivity index (χ2v) is 4.90. The Bertz CT molecular complexity index is 399. The molecule has 1 aromatic heterocycles. The van der Waals surface area contributed by atoms with E-state index >= 15 is 0 Å². The van der Waals surface area contributed by atoms with E-state index in [1.165, 1.54) is 5.69 Å². The molecule has 0 saturated carbocycles. The third kappa shape index (κ3) is 2.66. The summed E-state index contributed by atoms with van der Waals surface area (Å²) in [6, 6.07) is 2.03. The molecule has 0 spiro atoms. The molecule has 0 N–H and O–H groups in total. The number of likely N-dealkylation sites (tertiary alicyclic amines) is 1. The summed E-state index contributed by atoms with van der Waals surface area (Å²) in [5, 5.41) is 4.16. The number of hydrogen-bond donors (Lipinski definition) is 0. The Balaban J connectivity index is 1.90. The van der Waals surface area contributed by atoms with Crippen molar-refractivity contribution in [2.24, 2.45) is 13.0 Å². The lowest BCUT2D eigenvalue weighted by atomic mass is 10.1. The van der Waals surface area contributed by atoms with Gasteiger partial charge in [0.05, 0.1) is 11.6 Å². The van der Waals surface area contributed by atoms with Crippen molar-refractivity contribution < 1.29 is 4.79 Å². The van der Waals surface area contributed by atoms with Gasteiger partial charge in [0.2, 0.25) is 5.91 Å². The van der Waals surface area contributed by atoms with Crippen molar-refractivity contribution in [2.45, 2.75) is 13.0 Å². The van der Waals surface area contributed by atoms with Gasteiger partial charge in [-0.2, -0.15) is 5.10 Å². The number of hydrogen-bond acceptors (Lipinski definition) is 3. The van der Waals surface area contributed by atoms with Gasteiger partial charge in [-0.05, 0) is 19.0 Å². The van der Waals surface area contributed by atoms with Crippen LogP contribution in [0.25, 0.3) is 0 Å². The normalized spacial score (nSPS) is 20.8. The lowest BCUT2D eigenvalue weighted by Crippen LogP contribution is -2.31. The van der Waals surface area contributed by atoms with Crippen molar-refractivity contribution in [1.29, 1.82) is 0 Å². The molecular formula is C12H20N4O. The van der Waals surface area contributed by atoms with Gasteiger partial charge in [-0.1, -0.05) is 0 Å². The van der Waals surface area contributed by atoms with E-state index in [2.05, 4.69) is 10.00 Å². The molecule has 1 aliphatic rings. The maximum Gasteiger partial charge on any atom is 0.226 e. The van der Waals surface area contributed by atoms with Crippen LogP contribution >= 0.6 is 0 Å². The fourth-order valence-electron chi connectivity index (χ4n) is 2.33. The second-order valence-electron chi connectivity index (χ2n) is 4.90. The monoisotopic (exact) mass is 236 g/mol. The maximum absolute atomic E-state index is 11.8. The molecule has 2 heterocycles. The van der Waals surface area contributed by atoms with E-state index in [-0.39, 0.29) is 11.8 Å². The Kier molecular flexibility index (Phi) is 3.47. The molecule has 1 atom stereocenters. The molecule has 1 amide bonds. The molecule has 0 radical (unpaired) electrons. The standard InChI is InChI=1S/C12H20N4O/c1-14(2)12(17)10-5-7-16(8-10)9-11-4-6-13-15(11)3/h4,6,10H,5,7-9H2,1-3H3/t10-/m0/s1. The van der Waals surface area contributed by atoms with Gasteiger partial charge in [0, 0.05) is 40.4 Å². The average Bonchev–Trinajstić information content (AvgIpc) is 2.88. The molecule has 94 valence electrons. The lowest BCUT2D eigenvalue weighted by molar-refractivity contribution is -0.132. The van der Waals surface area contributed by atoms with Crippen LogP contribution < -0.4 is 0 Å². The highest BCUT2D eigenvalue weighted by molar-refractivity contribution is 5.78. The molecule has 1 aliphatic heterocycles. The molecule has 0 aliphatic carbocycles. The van der Waals surface area contributed by atoms with E-state index in [0.717, 1.165) is 26.1 Å². The minimum Gasteiger partial charge on any atom is -0.349 e. The Morgan fingerprint density at radius 2 is 2.35 bits per heavy atom. The molecule has 17 heavy (non-hydrogen) atoms. The molecule has 2 rings (SSSR count). The first-order valence-corrected chi connectivity index (χ1v) is 5.98. The molecule has 0 aromatic carbocycles. The van der Waals surface area contributed by atoms with Crippen molar-refractivity contribution in [1.82, 2.24) is 19.6 Å². The fraction of sp³-hybridized carbons (Fsp3) is 0.667. The second kappa shape index (κ2) is 4.87. The lowest BCUT2D eigenvalue weighted by Gasteiger charge is -2.18. The summed E-state index contributed by atoms with van der Waals surface area (Å²) >= 11 is 0. The van der Waals surface area contributed by atoms with Crippen molar-refractivity contribution in [2.75, 3.05) is 27.2 Å². The van der Waals surface area contributed by atoms with Gasteiger partial charge in [-0.15, -0.1) is 0 Å². The minimum absolute atomic E-state index is 0.165. The summed E-state index contributed by atoms with van der Waals surface area (Å²) in [5.74, 6) is 0.413. The van der Waals surface area contributed by atoms with E-state index in [1.807, 2.05) is 38.1 Å². The summed E-state index contributed by atoms with van der Waals surface area (Å²) in [5.41, 5.74) is 1.20. The van der Waals surface area contributed by atoms with Crippen LogP contribution in [0.3, 0.4) is 0 Å². The van der Waals surface area contributed by atoms with Crippen LogP contribution in [0.15, 0.2) is 12.3 Å². The summed E-state index contributed by atoms with van der Waals surface area (Å²) in [7, 11) is 5.60. The molecule has 1 saturated heterocycles. The van der Waals surface area contributed by atoms with E-state index in [4.69, 9.17) is 0 Å². The Morgan fingerprint density at radius 1 is 1.59 bits per heavy atom. The molecule has 0 bridgehead atoms. The van der Waals surface area contributed by atoms with Gasteiger partial charge in [-0.25, -0.2) is 0 Å². The molecule has 1 aromatic rings. The largest absolute Gasteiger partial charge is 0.349 e. The van der Waals surface area contributed by atoms with Crippen molar-refractivity contribution >= 4 is 5.91 Å². The molecule has 5 heteroatoms. The van der Waals surface area contributed by atoms with Crippen LogP contribution in [0.5, 0.6) is 0 Å². The van der Waals surface area contributed by atoms with E-state index in [0.29, 0.717) is 0 Å². The predicted octanol–water partition coefficient (Wildman–Crippen LogP) is 0.330. The summed E-state index contributed by atoms with van der Waals surface area (Å²) in [4.78, 5) is 15.9. The minimum atomic E-state index is 0.165. The van der Waals surface area contributed by atoms with Crippen LogP contribution in [-0.2, 0) is 18.4 Å². The average molecular weight is 236 g/mol. The Hall–Kier alpha value is -1.36. The Labute approximate surface area is 102 Å². The van der Waals surface area contributed by atoms with Gasteiger partial charge < -0.3 is 4.90 Å². The summed E-state index contributed by atoms with van der Waals surface area (Å²) < 4.78 is 1.89. The first-order chi connectivity index (χ1) is 8.08. The van der Waals surface area contributed by atoms with Crippen molar-refractivity contribution in [3.8, 4) is 0 Å². The van der Waals surface area contributed by atoms with Gasteiger partial charge in [-0.3, -0.25) is 14.4 Å². The summed E-state index contributed by atoms with van der Waals surface area (Å²) in [6.45, 7) is 2.74. The number of aromatic nitrogens is 2. The molecule has 5 nitrogen and oxygen atoms in total. The zero-order valence-corrected chi connectivity index (χ0v) is 10.8.